The highest BCUT2D eigenvalue weighted by molar-refractivity contribution is 6.04. The van der Waals surface area contributed by atoms with Crippen molar-refractivity contribution < 1.29 is 9.21 Å². The number of rotatable bonds is 4. The van der Waals surface area contributed by atoms with Crippen LogP contribution in [-0.2, 0) is 6.54 Å². The molecule has 0 fully saturated rings. The van der Waals surface area contributed by atoms with Gasteiger partial charge in [-0.3, -0.25) is 9.20 Å². The van der Waals surface area contributed by atoms with Gasteiger partial charge in [-0.2, -0.15) is 0 Å². The molecule has 144 valence electrons. The highest BCUT2D eigenvalue weighted by Crippen LogP contribution is 2.30. The highest BCUT2D eigenvalue weighted by Gasteiger charge is 2.27. The van der Waals surface area contributed by atoms with E-state index in [0.29, 0.717) is 29.4 Å². The number of amides is 1. The first-order valence-corrected chi connectivity index (χ1v) is 9.03. The first-order chi connectivity index (χ1) is 14.2. The van der Waals surface area contributed by atoms with Gasteiger partial charge in [0, 0.05) is 12.7 Å². The van der Waals surface area contributed by atoms with Crippen molar-refractivity contribution in [2.24, 2.45) is 10.7 Å². The molecule has 3 aromatic heterocycles. The Kier molecular flexibility index (Phi) is 3.98. The molecule has 4 aromatic rings. The van der Waals surface area contributed by atoms with Crippen LogP contribution in [0.4, 0.5) is 5.69 Å². The van der Waals surface area contributed by atoms with E-state index in [4.69, 9.17) is 15.1 Å². The summed E-state index contributed by atoms with van der Waals surface area (Å²) in [6, 6.07) is 13.4. The van der Waals surface area contributed by atoms with Gasteiger partial charge in [0.2, 0.25) is 0 Å². The number of furan rings is 1. The molecule has 0 saturated carbocycles. The number of nitrogens with two attached hydrogens (primary N) is 1. The van der Waals surface area contributed by atoms with E-state index in [9.17, 15) is 4.79 Å². The number of nitrogens with zero attached hydrogens (tertiary/aromatic N) is 4. The standard InChI is InChI=1S/C20H17N7O2/c21-16(28)13-7-4-8-27-19(13)25-26-20(27)18-23-15-11-29-10-14(15)17(24-18)22-9-12-5-2-1-3-6-12/h1-8,10-11,18,23H,9H2,(H2,21,28)(H,22,24). The van der Waals surface area contributed by atoms with Crippen molar-refractivity contribution in [1.29, 1.82) is 0 Å². The molecule has 9 heteroatoms. The highest BCUT2D eigenvalue weighted by atomic mass is 16.3. The number of amidine groups is 1. The predicted molar refractivity (Wildman–Crippen MR) is 106 cm³/mol. The fourth-order valence-corrected chi connectivity index (χ4v) is 3.33. The molecule has 9 nitrogen and oxygen atoms in total. The molecule has 1 aliphatic rings. The first-order valence-electron chi connectivity index (χ1n) is 9.03. The van der Waals surface area contributed by atoms with Gasteiger partial charge in [0.25, 0.3) is 5.91 Å². The lowest BCUT2D eigenvalue weighted by Gasteiger charge is -2.22. The Balaban J connectivity index is 1.51. The van der Waals surface area contributed by atoms with Gasteiger partial charge in [-0.15, -0.1) is 10.2 Å². The second-order valence-corrected chi connectivity index (χ2v) is 6.60. The smallest absolute Gasteiger partial charge is 0.252 e. The third-order valence-electron chi connectivity index (χ3n) is 4.74. The number of hydrogen-bond donors (Lipinski definition) is 3. The van der Waals surface area contributed by atoms with Crippen LogP contribution in [-0.4, -0.2) is 26.3 Å². The van der Waals surface area contributed by atoms with Crippen LogP contribution in [0, 0.1) is 0 Å². The van der Waals surface area contributed by atoms with Gasteiger partial charge in [0.1, 0.15) is 18.4 Å². The third-order valence-corrected chi connectivity index (χ3v) is 4.74. The lowest BCUT2D eigenvalue weighted by atomic mass is 10.2. The Labute approximate surface area is 165 Å². The maximum atomic E-state index is 11.7. The van der Waals surface area contributed by atoms with Crippen molar-refractivity contribution in [2.75, 3.05) is 5.32 Å². The van der Waals surface area contributed by atoms with Crippen LogP contribution in [0.15, 0.2) is 70.6 Å². The summed E-state index contributed by atoms with van der Waals surface area (Å²) < 4.78 is 7.08. The number of nitrogens with one attached hydrogen (secondary N) is 2. The van der Waals surface area contributed by atoms with E-state index in [1.54, 1.807) is 35.3 Å². The summed E-state index contributed by atoms with van der Waals surface area (Å²) in [5.74, 6) is 0.662. The molecule has 0 radical (unpaired) electrons. The second-order valence-electron chi connectivity index (χ2n) is 6.60. The molecule has 4 heterocycles. The summed E-state index contributed by atoms with van der Waals surface area (Å²) in [6.07, 6.45) is 4.52. The zero-order valence-electron chi connectivity index (χ0n) is 15.2. The minimum atomic E-state index is -0.558. The summed E-state index contributed by atoms with van der Waals surface area (Å²) in [6.45, 7) is 0.615. The number of fused-ring (bicyclic) bond motifs is 2. The monoisotopic (exact) mass is 387 g/mol. The SMILES string of the molecule is NC(=O)c1cccn2c(C3N=C(NCc4ccccc4)c4cocc4N3)nnc12. The number of anilines is 1. The molecule has 0 aliphatic carbocycles. The zero-order valence-corrected chi connectivity index (χ0v) is 15.2. The van der Waals surface area contributed by atoms with Crippen molar-refractivity contribution in [3.63, 3.8) is 0 Å². The normalized spacial score (nSPS) is 15.4. The predicted octanol–water partition coefficient (Wildman–Crippen LogP) is 2.08. The number of hydrogen-bond acceptors (Lipinski definition) is 7. The fraction of sp³-hybridized carbons (Fsp3) is 0.100. The maximum absolute atomic E-state index is 11.7. The van der Waals surface area contributed by atoms with Gasteiger partial charge < -0.3 is 20.8 Å². The summed E-state index contributed by atoms with van der Waals surface area (Å²) in [5.41, 5.74) is 8.91. The molecule has 1 amide bonds. The second kappa shape index (κ2) is 6.79. The number of aromatic nitrogens is 3. The van der Waals surface area contributed by atoms with Crippen LogP contribution in [0.3, 0.4) is 0 Å². The molecule has 1 aliphatic heterocycles. The van der Waals surface area contributed by atoms with Crippen molar-refractivity contribution >= 4 is 23.1 Å². The molecular formula is C20H17N7O2. The summed E-state index contributed by atoms with van der Waals surface area (Å²) in [4.78, 5) is 16.4. The van der Waals surface area contributed by atoms with Gasteiger partial charge in [-0.05, 0) is 17.7 Å². The van der Waals surface area contributed by atoms with Gasteiger partial charge in [-0.25, -0.2) is 4.99 Å². The number of aliphatic imine (C=N–C) groups is 1. The molecular weight excluding hydrogens is 370 g/mol. The van der Waals surface area contributed by atoms with Crippen LogP contribution in [0.2, 0.25) is 0 Å². The van der Waals surface area contributed by atoms with Crippen LogP contribution in [0.5, 0.6) is 0 Å². The zero-order chi connectivity index (χ0) is 19.8. The van der Waals surface area contributed by atoms with Gasteiger partial charge in [-0.1, -0.05) is 30.3 Å². The van der Waals surface area contributed by atoms with Crippen molar-refractivity contribution in [1.82, 2.24) is 19.9 Å². The molecule has 1 unspecified atom stereocenters. The molecule has 1 aromatic carbocycles. The fourth-order valence-electron chi connectivity index (χ4n) is 3.33. The summed E-state index contributed by atoms with van der Waals surface area (Å²) in [7, 11) is 0. The van der Waals surface area contributed by atoms with E-state index in [1.807, 2.05) is 30.3 Å². The van der Waals surface area contributed by atoms with Gasteiger partial charge in [0.15, 0.2) is 17.6 Å². The van der Waals surface area contributed by atoms with E-state index < -0.39 is 12.1 Å². The Morgan fingerprint density at radius 3 is 2.86 bits per heavy atom. The Bertz CT molecular complexity index is 1230. The quantitative estimate of drug-likeness (QED) is 0.493. The average molecular weight is 387 g/mol. The Hall–Kier alpha value is -4.14. The van der Waals surface area contributed by atoms with E-state index >= 15 is 0 Å². The number of carbonyl (C=O) groups is 1. The van der Waals surface area contributed by atoms with E-state index in [0.717, 1.165) is 16.8 Å². The van der Waals surface area contributed by atoms with Gasteiger partial charge in [0.05, 0.1) is 16.8 Å². The molecule has 4 N–H and O–H groups in total. The minimum absolute atomic E-state index is 0.303. The summed E-state index contributed by atoms with van der Waals surface area (Å²) >= 11 is 0. The van der Waals surface area contributed by atoms with Crippen molar-refractivity contribution in [3.05, 3.63) is 83.7 Å². The van der Waals surface area contributed by atoms with Crippen molar-refractivity contribution in [3.8, 4) is 0 Å². The Morgan fingerprint density at radius 2 is 2.03 bits per heavy atom. The number of benzene rings is 1. The van der Waals surface area contributed by atoms with Crippen LogP contribution < -0.4 is 16.4 Å². The van der Waals surface area contributed by atoms with E-state index in [-0.39, 0.29) is 0 Å². The largest absolute Gasteiger partial charge is 0.470 e. The lowest BCUT2D eigenvalue weighted by Crippen LogP contribution is -2.30. The molecule has 0 spiro atoms. The van der Waals surface area contributed by atoms with Crippen molar-refractivity contribution in [2.45, 2.75) is 12.7 Å². The molecule has 1 atom stereocenters. The van der Waals surface area contributed by atoms with Crippen LogP contribution >= 0.6 is 0 Å². The number of pyridine rings is 1. The topological polar surface area (TPSA) is 123 Å². The number of primary amides is 1. The van der Waals surface area contributed by atoms with Crippen LogP contribution in [0.25, 0.3) is 5.65 Å². The minimum Gasteiger partial charge on any atom is -0.470 e. The molecule has 0 bridgehead atoms. The van der Waals surface area contributed by atoms with E-state index in [1.165, 1.54) is 0 Å². The average Bonchev–Trinajstić information content (AvgIpc) is 3.39. The Morgan fingerprint density at radius 1 is 1.17 bits per heavy atom. The summed E-state index contributed by atoms with van der Waals surface area (Å²) in [5, 5.41) is 15.0. The third kappa shape index (κ3) is 2.98. The van der Waals surface area contributed by atoms with Gasteiger partial charge >= 0.3 is 0 Å². The molecule has 29 heavy (non-hydrogen) atoms. The number of carbonyl (C=O) groups excluding carboxylic acids is 1. The first kappa shape index (κ1) is 17.0. The maximum Gasteiger partial charge on any atom is 0.252 e. The lowest BCUT2D eigenvalue weighted by molar-refractivity contribution is 0.100. The van der Waals surface area contributed by atoms with E-state index in [2.05, 4.69) is 20.8 Å². The molecule has 0 saturated heterocycles. The van der Waals surface area contributed by atoms with Crippen LogP contribution in [0.1, 0.15) is 33.5 Å². The molecule has 5 rings (SSSR count).